The van der Waals surface area contributed by atoms with E-state index in [0.29, 0.717) is 6.61 Å². The number of unbranched alkanes of at least 4 members (excludes halogenated alkanes) is 1. The minimum atomic E-state index is 0.537. The predicted octanol–water partition coefficient (Wildman–Crippen LogP) is 3.93. The molecule has 0 unspecified atom stereocenters. The zero-order valence-corrected chi connectivity index (χ0v) is 13.2. The zero-order valence-electron chi connectivity index (χ0n) is 11.5. The van der Waals surface area contributed by atoms with Crippen molar-refractivity contribution in [1.82, 2.24) is 9.97 Å². The van der Waals surface area contributed by atoms with Crippen molar-refractivity contribution in [2.45, 2.75) is 33.3 Å². The average molecular weight is 297 g/mol. The summed E-state index contributed by atoms with van der Waals surface area (Å²) in [4.78, 5) is 10.3. The van der Waals surface area contributed by atoms with Crippen molar-refractivity contribution < 1.29 is 4.74 Å². The highest BCUT2D eigenvalue weighted by molar-refractivity contribution is 7.16. The molecule has 0 amide bonds. The lowest BCUT2D eigenvalue weighted by atomic mass is 10.3. The minimum absolute atomic E-state index is 0.537. The molecule has 4 nitrogen and oxygen atoms in total. The Morgan fingerprint density at radius 2 is 2.21 bits per heavy atom. The normalized spacial score (nSPS) is 10.9. The maximum Gasteiger partial charge on any atom is 0.183 e. The molecule has 2 aromatic heterocycles. The van der Waals surface area contributed by atoms with Crippen molar-refractivity contribution in [3.05, 3.63) is 16.1 Å². The Kier molecular flexibility index (Phi) is 5.30. The van der Waals surface area contributed by atoms with Crippen LogP contribution in [0.1, 0.15) is 30.5 Å². The fourth-order valence-electron chi connectivity index (χ4n) is 1.74. The average Bonchev–Trinajstić information content (AvgIpc) is 2.97. The van der Waals surface area contributed by atoms with E-state index in [0.717, 1.165) is 32.9 Å². The van der Waals surface area contributed by atoms with Crippen LogP contribution in [-0.2, 0) is 11.3 Å². The number of nitrogens with one attached hydrogen (secondary N) is 1. The molecule has 0 aliphatic rings. The lowest BCUT2D eigenvalue weighted by molar-refractivity contribution is 0.182. The third-order valence-electron chi connectivity index (χ3n) is 2.63. The summed E-state index contributed by atoms with van der Waals surface area (Å²) in [6.45, 7) is 5.72. The van der Waals surface area contributed by atoms with Gasteiger partial charge in [0.2, 0.25) is 0 Å². The van der Waals surface area contributed by atoms with Gasteiger partial charge < -0.3 is 10.1 Å². The van der Waals surface area contributed by atoms with Crippen LogP contribution >= 0.6 is 22.7 Å². The molecule has 0 bridgehead atoms. The van der Waals surface area contributed by atoms with E-state index in [1.54, 1.807) is 29.8 Å². The van der Waals surface area contributed by atoms with Gasteiger partial charge >= 0.3 is 0 Å². The second kappa shape index (κ2) is 6.98. The van der Waals surface area contributed by atoms with Gasteiger partial charge in [-0.3, -0.25) is 0 Å². The number of nitrogens with zero attached hydrogens (tertiary/aromatic N) is 2. The number of aromatic nitrogens is 2. The largest absolute Gasteiger partial charge is 0.378 e. The van der Waals surface area contributed by atoms with E-state index in [2.05, 4.69) is 27.6 Å². The molecule has 0 spiro atoms. The molecule has 0 saturated carbocycles. The third-order valence-corrected chi connectivity index (χ3v) is 4.46. The van der Waals surface area contributed by atoms with E-state index >= 15 is 0 Å². The van der Waals surface area contributed by atoms with E-state index in [-0.39, 0.29) is 0 Å². The van der Waals surface area contributed by atoms with E-state index < -0.39 is 0 Å². The van der Waals surface area contributed by atoms with Crippen LogP contribution in [0.25, 0.3) is 10.6 Å². The van der Waals surface area contributed by atoms with Crippen molar-refractivity contribution in [2.24, 2.45) is 0 Å². The van der Waals surface area contributed by atoms with Crippen LogP contribution in [0.15, 0.2) is 5.38 Å². The number of anilines is 1. The number of ether oxygens (including phenoxy) is 1. The maximum absolute atomic E-state index is 5.19. The molecule has 2 rings (SSSR count). The van der Waals surface area contributed by atoms with Gasteiger partial charge in [0, 0.05) is 19.0 Å². The van der Waals surface area contributed by atoms with E-state index in [1.807, 2.05) is 6.92 Å². The van der Waals surface area contributed by atoms with Crippen LogP contribution in [0.4, 0.5) is 5.13 Å². The zero-order chi connectivity index (χ0) is 13.7. The summed E-state index contributed by atoms with van der Waals surface area (Å²) in [5, 5.41) is 7.47. The Morgan fingerprint density at radius 1 is 1.37 bits per heavy atom. The Bertz CT molecular complexity index is 522. The summed E-state index contributed by atoms with van der Waals surface area (Å²) in [7, 11) is 1.69. The van der Waals surface area contributed by atoms with E-state index in [4.69, 9.17) is 4.74 Å². The Labute approximate surface area is 121 Å². The number of methoxy groups -OCH3 is 1. The molecule has 104 valence electrons. The number of thiazole rings is 2. The molecule has 19 heavy (non-hydrogen) atoms. The quantitative estimate of drug-likeness (QED) is 0.787. The summed E-state index contributed by atoms with van der Waals surface area (Å²) in [5.74, 6) is 0. The molecule has 0 aromatic carbocycles. The predicted molar refractivity (Wildman–Crippen MR) is 82.1 cm³/mol. The van der Waals surface area contributed by atoms with Crippen molar-refractivity contribution in [3.63, 3.8) is 0 Å². The lowest BCUT2D eigenvalue weighted by Crippen LogP contribution is -2.00. The summed E-state index contributed by atoms with van der Waals surface area (Å²) in [5.41, 5.74) is 1.98. The maximum atomic E-state index is 5.19. The van der Waals surface area contributed by atoms with Crippen LogP contribution in [0.5, 0.6) is 0 Å². The van der Waals surface area contributed by atoms with Gasteiger partial charge in [0.1, 0.15) is 0 Å². The van der Waals surface area contributed by atoms with Gasteiger partial charge in [-0.2, -0.15) is 0 Å². The van der Waals surface area contributed by atoms with Gasteiger partial charge in [0.25, 0.3) is 0 Å². The molecule has 1 N–H and O–H groups in total. The first-order valence-electron chi connectivity index (χ1n) is 6.39. The molecular formula is C13H19N3OS2. The molecule has 0 saturated heterocycles. The first kappa shape index (κ1) is 14.4. The molecule has 0 fully saturated rings. The summed E-state index contributed by atoms with van der Waals surface area (Å²) >= 11 is 3.32. The van der Waals surface area contributed by atoms with Crippen LogP contribution in [0, 0.1) is 6.92 Å². The van der Waals surface area contributed by atoms with Crippen LogP contribution in [0.2, 0.25) is 0 Å². The highest BCUT2D eigenvalue weighted by Crippen LogP contribution is 2.32. The Morgan fingerprint density at radius 3 is 2.95 bits per heavy atom. The van der Waals surface area contributed by atoms with E-state index in [1.165, 1.54) is 12.8 Å². The van der Waals surface area contributed by atoms with Gasteiger partial charge in [0.15, 0.2) is 5.13 Å². The summed E-state index contributed by atoms with van der Waals surface area (Å²) < 4.78 is 5.19. The van der Waals surface area contributed by atoms with E-state index in [9.17, 15) is 0 Å². The first-order chi connectivity index (χ1) is 9.24. The third kappa shape index (κ3) is 3.75. The number of aryl methyl sites for hydroxylation is 1. The standard InChI is InChI=1S/C13H19N3OS2/c1-4-5-6-14-13-16-11(8-18-13)12-10(7-17-3)15-9(2)19-12/h8H,4-7H2,1-3H3,(H,14,16). The molecule has 0 radical (unpaired) electrons. The van der Waals surface area contributed by atoms with Gasteiger partial charge in [-0.25, -0.2) is 9.97 Å². The highest BCUT2D eigenvalue weighted by atomic mass is 32.1. The first-order valence-corrected chi connectivity index (χ1v) is 8.09. The van der Waals surface area contributed by atoms with Crippen LogP contribution < -0.4 is 5.32 Å². The molecule has 0 aliphatic heterocycles. The molecule has 2 heterocycles. The second-order valence-corrected chi connectivity index (χ2v) is 6.32. The monoisotopic (exact) mass is 297 g/mol. The molecule has 0 aliphatic carbocycles. The van der Waals surface area contributed by atoms with Crippen molar-refractivity contribution in [3.8, 4) is 10.6 Å². The summed E-state index contributed by atoms with van der Waals surface area (Å²) in [6.07, 6.45) is 2.36. The Hall–Kier alpha value is -0.980. The molecular weight excluding hydrogens is 278 g/mol. The fourth-order valence-corrected chi connectivity index (χ4v) is 3.42. The number of rotatable bonds is 7. The van der Waals surface area contributed by atoms with Gasteiger partial charge in [-0.1, -0.05) is 13.3 Å². The van der Waals surface area contributed by atoms with Gasteiger partial charge in [-0.15, -0.1) is 22.7 Å². The van der Waals surface area contributed by atoms with Gasteiger partial charge in [0.05, 0.1) is 27.9 Å². The second-order valence-electron chi connectivity index (χ2n) is 4.26. The molecule has 6 heteroatoms. The van der Waals surface area contributed by atoms with Crippen LogP contribution in [0.3, 0.4) is 0 Å². The highest BCUT2D eigenvalue weighted by Gasteiger charge is 2.14. The number of hydrogen-bond donors (Lipinski definition) is 1. The SMILES string of the molecule is CCCCNc1nc(-c2sc(C)nc2COC)cs1. The van der Waals surface area contributed by atoms with Crippen molar-refractivity contribution in [1.29, 1.82) is 0 Å². The number of hydrogen-bond acceptors (Lipinski definition) is 6. The fraction of sp³-hybridized carbons (Fsp3) is 0.538. The smallest absolute Gasteiger partial charge is 0.183 e. The van der Waals surface area contributed by atoms with Crippen LogP contribution in [-0.4, -0.2) is 23.6 Å². The van der Waals surface area contributed by atoms with Crippen molar-refractivity contribution >= 4 is 27.8 Å². The van der Waals surface area contributed by atoms with Gasteiger partial charge in [-0.05, 0) is 13.3 Å². The topological polar surface area (TPSA) is 47.0 Å². The summed E-state index contributed by atoms with van der Waals surface area (Å²) in [6, 6.07) is 0. The van der Waals surface area contributed by atoms with Crippen molar-refractivity contribution in [2.75, 3.05) is 19.0 Å². The lowest BCUT2D eigenvalue weighted by Gasteiger charge is -2.00. The molecule has 2 aromatic rings. The molecule has 0 atom stereocenters. The Balaban J connectivity index is 2.13. The minimum Gasteiger partial charge on any atom is -0.378 e.